The molecule has 0 N–H and O–H groups in total. The Balaban J connectivity index is 1.52. The lowest BCUT2D eigenvalue weighted by molar-refractivity contribution is -0.150. The van der Waals surface area contributed by atoms with Crippen LogP contribution in [0.2, 0.25) is 0 Å². The summed E-state index contributed by atoms with van der Waals surface area (Å²) in [6.07, 6.45) is 3.79. The predicted octanol–water partition coefficient (Wildman–Crippen LogP) is 4.59. The van der Waals surface area contributed by atoms with E-state index in [0.29, 0.717) is 23.0 Å². The quantitative estimate of drug-likeness (QED) is 0.204. The summed E-state index contributed by atoms with van der Waals surface area (Å²) >= 11 is 8.81. The van der Waals surface area contributed by atoms with Crippen molar-refractivity contribution >= 4 is 64.0 Å². The van der Waals surface area contributed by atoms with Gasteiger partial charge in [0.25, 0.3) is 0 Å². The highest BCUT2D eigenvalue weighted by Crippen LogP contribution is 2.45. The first-order valence-electron chi connectivity index (χ1n) is 10.9. The van der Waals surface area contributed by atoms with E-state index in [4.69, 9.17) is 16.4 Å². The number of halogens is 1. The average molecular weight is 530 g/mol. The molecule has 0 aliphatic carbocycles. The zero-order valence-corrected chi connectivity index (χ0v) is 21.9. The molecule has 1 aromatic carbocycles. The number of ketones is 2. The summed E-state index contributed by atoms with van der Waals surface area (Å²) in [5, 5.41) is 6.14. The van der Waals surface area contributed by atoms with Gasteiger partial charge in [-0.1, -0.05) is 41.6 Å². The summed E-state index contributed by atoms with van der Waals surface area (Å²) in [4.78, 5) is 49.4. The number of thioether (sulfide) groups is 1. The number of alkyl halides is 1. The lowest BCUT2D eigenvalue weighted by atomic mass is 9.88. The number of hydrogen-bond acceptors (Lipinski definition) is 8. The van der Waals surface area contributed by atoms with Crippen LogP contribution in [0.25, 0.3) is 6.08 Å². The van der Waals surface area contributed by atoms with E-state index in [-0.39, 0.29) is 35.0 Å². The number of Topliss-reactive ketones (excluding diaryl/α,β-unsaturated/α-hetero) is 2. The van der Waals surface area contributed by atoms with Gasteiger partial charge in [-0.15, -0.1) is 34.7 Å². The first-order chi connectivity index (χ1) is 16.8. The Kier molecular flexibility index (Phi) is 7.88. The molecule has 1 amide bonds. The second kappa shape index (κ2) is 10.9. The highest BCUT2D eigenvalue weighted by Gasteiger charge is 2.53. The van der Waals surface area contributed by atoms with Crippen LogP contribution in [0.3, 0.4) is 0 Å². The molecule has 4 rings (SSSR count). The Morgan fingerprint density at radius 2 is 2.03 bits per heavy atom. The zero-order valence-electron chi connectivity index (χ0n) is 19.5. The number of oxime groups is 1. The number of aryl methyl sites for hydroxylation is 1. The van der Waals surface area contributed by atoms with Gasteiger partial charge in [0.05, 0.1) is 22.0 Å². The number of fused-ring (bicyclic) bond motifs is 1. The van der Waals surface area contributed by atoms with E-state index in [0.717, 1.165) is 21.7 Å². The summed E-state index contributed by atoms with van der Waals surface area (Å²) in [5.74, 6) is -0.235. The lowest BCUT2D eigenvalue weighted by Crippen LogP contribution is -2.61. The van der Waals surface area contributed by atoms with Gasteiger partial charge in [-0.3, -0.25) is 19.3 Å². The molecule has 2 aliphatic heterocycles. The van der Waals surface area contributed by atoms with Crippen LogP contribution in [0.1, 0.15) is 35.2 Å². The maximum atomic E-state index is 13.1. The molecule has 0 saturated carbocycles. The summed E-state index contributed by atoms with van der Waals surface area (Å²) < 4.78 is 0. The summed E-state index contributed by atoms with van der Waals surface area (Å²) in [5.41, 5.74) is 3.74. The number of allylic oxidation sites excluding steroid dienone is 2. The van der Waals surface area contributed by atoms with Crippen molar-refractivity contribution in [2.24, 2.45) is 11.1 Å². The molecule has 1 aromatic heterocycles. The third-order valence-electron chi connectivity index (χ3n) is 5.77. The molecule has 7 nitrogen and oxygen atoms in total. The largest absolute Gasteiger partial charge is 0.398 e. The van der Waals surface area contributed by atoms with Gasteiger partial charge in [-0.05, 0) is 23.6 Å². The van der Waals surface area contributed by atoms with Crippen LogP contribution in [-0.4, -0.2) is 51.3 Å². The number of aromatic nitrogens is 1. The summed E-state index contributed by atoms with van der Waals surface area (Å²) in [6.45, 7) is 3.30. The van der Waals surface area contributed by atoms with E-state index in [1.807, 2.05) is 43.3 Å². The molecule has 1 saturated heterocycles. The molecule has 1 fully saturated rings. The highest BCUT2D eigenvalue weighted by molar-refractivity contribution is 8.00. The minimum atomic E-state index is -0.530. The molecule has 35 heavy (non-hydrogen) atoms. The highest BCUT2D eigenvalue weighted by atomic mass is 35.5. The van der Waals surface area contributed by atoms with E-state index in [1.165, 1.54) is 30.3 Å². The van der Waals surface area contributed by atoms with Crippen LogP contribution < -0.4 is 0 Å². The number of thiazole rings is 1. The molecule has 3 heterocycles. The van der Waals surface area contributed by atoms with Crippen molar-refractivity contribution in [2.75, 3.05) is 12.9 Å². The Morgan fingerprint density at radius 3 is 2.63 bits per heavy atom. The molecule has 10 heteroatoms. The van der Waals surface area contributed by atoms with Crippen molar-refractivity contribution in [3.05, 3.63) is 68.8 Å². The third-order valence-corrected chi connectivity index (χ3v) is 8.21. The number of hydrogen-bond donors (Lipinski definition) is 0. The molecule has 2 atom stereocenters. The van der Waals surface area contributed by atoms with Crippen molar-refractivity contribution in [1.29, 1.82) is 0 Å². The monoisotopic (exact) mass is 529 g/mol. The standard InChI is InChI=1S/C25H24ClN3O4S2/c1-14(30)23-18(9-8-16-4-6-17(11-26)7-5-16)12-35-25-19(24(32)29(23)25)10-21(31)22(28-33-3)20-13-34-15(2)27-20/h4-9,13,19,25H,10-12H2,1-3H3/b9-8?,28-22-/t19-,25-/m1/s1. The maximum absolute atomic E-state index is 13.1. The maximum Gasteiger partial charge on any atom is 0.234 e. The first kappa shape index (κ1) is 25.3. The van der Waals surface area contributed by atoms with Gasteiger partial charge in [0.2, 0.25) is 5.91 Å². The summed E-state index contributed by atoms with van der Waals surface area (Å²) in [6, 6.07) is 7.82. The van der Waals surface area contributed by atoms with E-state index >= 15 is 0 Å². The lowest BCUT2D eigenvalue weighted by Gasteiger charge is -2.49. The molecular weight excluding hydrogens is 506 g/mol. The fraction of sp³-hybridized carbons (Fsp3) is 0.320. The molecule has 0 bridgehead atoms. The molecule has 182 valence electrons. The van der Waals surface area contributed by atoms with Crippen LogP contribution in [0.4, 0.5) is 0 Å². The molecular formula is C25H24ClN3O4S2. The predicted molar refractivity (Wildman–Crippen MR) is 139 cm³/mol. The van der Waals surface area contributed by atoms with E-state index in [9.17, 15) is 14.4 Å². The molecule has 0 unspecified atom stereocenters. The number of amides is 1. The van der Waals surface area contributed by atoms with Gasteiger partial charge in [-0.2, -0.15) is 0 Å². The minimum Gasteiger partial charge on any atom is -0.398 e. The number of carbonyl (C=O) groups is 3. The second-order valence-electron chi connectivity index (χ2n) is 8.16. The van der Waals surface area contributed by atoms with Crippen molar-refractivity contribution in [3.8, 4) is 0 Å². The van der Waals surface area contributed by atoms with Gasteiger partial charge >= 0.3 is 0 Å². The Hall–Kier alpha value is -2.75. The fourth-order valence-electron chi connectivity index (χ4n) is 4.08. The van der Waals surface area contributed by atoms with E-state index < -0.39 is 5.92 Å². The molecule has 0 spiro atoms. The van der Waals surface area contributed by atoms with Crippen LogP contribution in [-0.2, 0) is 25.1 Å². The van der Waals surface area contributed by atoms with Gasteiger partial charge in [0, 0.05) is 30.4 Å². The number of nitrogens with zero attached hydrogens (tertiary/aromatic N) is 3. The smallest absolute Gasteiger partial charge is 0.234 e. The van der Waals surface area contributed by atoms with Crippen LogP contribution >= 0.6 is 34.7 Å². The van der Waals surface area contributed by atoms with Crippen LogP contribution in [0, 0.1) is 12.8 Å². The van der Waals surface area contributed by atoms with Gasteiger partial charge in [0.1, 0.15) is 12.8 Å². The van der Waals surface area contributed by atoms with Crippen molar-refractivity contribution in [3.63, 3.8) is 0 Å². The van der Waals surface area contributed by atoms with Crippen LogP contribution in [0.5, 0.6) is 0 Å². The summed E-state index contributed by atoms with van der Waals surface area (Å²) in [7, 11) is 1.37. The van der Waals surface area contributed by atoms with Gasteiger partial charge in [-0.25, -0.2) is 4.98 Å². The fourth-order valence-corrected chi connectivity index (χ4v) is 6.24. The van der Waals surface area contributed by atoms with Crippen molar-refractivity contribution in [1.82, 2.24) is 9.88 Å². The van der Waals surface area contributed by atoms with Crippen molar-refractivity contribution in [2.45, 2.75) is 31.5 Å². The normalized spacial score (nSPS) is 20.2. The molecule has 2 aromatic rings. The topological polar surface area (TPSA) is 88.9 Å². The van der Waals surface area contributed by atoms with Crippen molar-refractivity contribution < 1.29 is 19.2 Å². The Morgan fingerprint density at radius 1 is 1.29 bits per heavy atom. The zero-order chi connectivity index (χ0) is 25.1. The number of carbonyl (C=O) groups excluding carboxylic acids is 3. The molecule has 0 radical (unpaired) electrons. The van der Waals surface area contributed by atoms with Gasteiger partial charge in [0.15, 0.2) is 17.3 Å². The van der Waals surface area contributed by atoms with E-state index in [1.54, 1.807) is 17.1 Å². The van der Waals surface area contributed by atoms with Crippen LogP contribution in [0.15, 0.2) is 52.1 Å². The van der Waals surface area contributed by atoms with Gasteiger partial charge < -0.3 is 4.84 Å². The minimum absolute atomic E-state index is 0.0188. The first-order valence-corrected chi connectivity index (χ1v) is 13.4. The molecule has 2 aliphatic rings. The third kappa shape index (κ3) is 5.27. The Bertz CT molecular complexity index is 1250. The average Bonchev–Trinajstić information content (AvgIpc) is 3.29. The SMILES string of the molecule is CO/N=C(\C(=O)C[C@@H]1C(=O)N2C(C(C)=O)=C(C=Cc3ccc(CCl)cc3)CS[C@H]12)c1csc(C)n1. The second-order valence-corrected chi connectivity index (χ2v) is 10.6. The number of β-lactam (4-membered cyclic amide) rings is 1. The number of benzene rings is 1. The Labute approximate surface area is 216 Å². The van der Waals surface area contributed by atoms with E-state index in [2.05, 4.69) is 10.1 Å². The number of rotatable bonds is 9.